The Morgan fingerprint density at radius 2 is 1.76 bits per heavy atom. The van der Waals surface area contributed by atoms with Crippen molar-refractivity contribution in [1.29, 1.82) is 0 Å². The molecule has 0 fully saturated rings. The summed E-state index contributed by atoms with van der Waals surface area (Å²) in [5, 5.41) is 8.61. The molecule has 0 aliphatic rings. The number of nitrogens with one attached hydrogen (secondary N) is 1. The van der Waals surface area contributed by atoms with Gasteiger partial charge in [-0.05, 0) is 56.8 Å². The molecule has 0 unspecified atom stereocenters. The number of sulfonamides is 1. The first-order valence-electron chi connectivity index (χ1n) is 5.01. The molecule has 0 aromatic heterocycles. The van der Waals surface area contributed by atoms with Crippen molar-refractivity contribution in [1.82, 2.24) is 0 Å². The van der Waals surface area contributed by atoms with Crippen molar-refractivity contribution >= 4 is 47.6 Å². The van der Waals surface area contributed by atoms with Gasteiger partial charge in [-0.1, -0.05) is 6.07 Å². The molecule has 7 heteroatoms. The number of aliphatic hydroxyl groups excluding tert-OH is 1. The number of aliphatic hydroxyl groups is 1. The van der Waals surface area contributed by atoms with Crippen LogP contribution in [0.2, 0.25) is 0 Å². The zero-order chi connectivity index (χ0) is 12.9. The lowest BCUT2D eigenvalue weighted by Crippen LogP contribution is -2.17. The Bertz CT molecular complexity index is 456. The summed E-state index contributed by atoms with van der Waals surface area (Å²) in [6.07, 6.45) is 0.923. The molecule has 0 aliphatic carbocycles. The SMILES string of the molecule is O=S(=O)(CCCCO)Nc1c(Br)cccc1Br. The Hall–Kier alpha value is -0.110. The number of hydrogen-bond acceptors (Lipinski definition) is 3. The van der Waals surface area contributed by atoms with Crippen LogP contribution in [-0.4, -0.2) is 25.9 Å². The smallest absolute Gasteiger partial charge is 0.232 e. The van der Waals surface area contributed by atoms with Gasteiger partial charge in [-0.25, -0.2) is 8.42 Å². The third-order valence-corrected chi connectivity index (χ3v) is 4.70. The van der Waals surface area contributed by atoms with Crippen LogP contribution in [0.5, 0.6) is 0 Å². The first-order valence-corrected chi connectivity index (χ1v) is 8.25. The van der Waals surface area contributed by atoms with E-state index in [1.165, 1.54) is 0 Å². The molecule has 17 heavy (non-hydrogen) atoms. The maximum atomic E-state index is 11.7. The van der Waals surface area contributed by atoms with E-state index >= 15 is 0 Å². The molecule has 4 nitrogen and oxygen atoms in total. The van der Waals surface area contributed by atoms with E-state index in [9.17, 15) is 8.42 Å². The van der Waals surface area contributed by atoms with Gasteiger partial charge in [0.05, 0.1) is 11.4 Å². The van der Waals surface area contributed by atoms with Crippen molar-refractivity contribution in [3.8, 4) is 0 Å². The minimum Gasteiger partial charge on any atom is -0.396 e. The van der Waals surface area contributed by atoms with Crippen LogP contribution >= 0.6 is 31.9 Å². The maximum Gasteiger partial charge on any atom is 0.232 e. The highest BCUT2D eigenvalue weighted by Crippen LogP contribution is 2.31. The highest BCUT2D eigenvalue weighted by molar-refractivity contribution is 9.11. The fourth-order valence-electron chi connectivity index (χ4n) is 1.21. The van der Waals surface area contributed by atoms with Gasteiger partial charge in [-0.3, -0.25) is 4.72 Å². The minimum absolute atomic E-state index is 0.00132. The van der Waals surface area contributed by atoms with Gasteiger partial charge in [0.1, 0.15) is 0 Å². The van der Waals surface area contributed by atoms with Crippen LogP contribution in [0.3, 0.4) is 0 Å². The number of unbranched alkanes of at least 4 members (excludes halogenated alkanes) is 1. The topological polar surface area (TPSA) is 66.4 Å². The second-order valence-corrected chi connectivity index (χ2v) is 7.00. The third kappa shape index (κ3) is 4.95. The lowest BCUT2D eigenvalue weighted by molar-refractivity contribution is 0.287. The average Bonchev–Trinajstić information content (AvgIpc) is 2.24. The molecule has 0 spiro atoms. The van der Waals surface area contributed by atoms with Crippen LogP contribution in [0.4, 0.5) is 5.69 Å². The predicted molar refractivity (Wildman–Crippen MR) is 75.6 cm³/mol. The zero-order valence-electron chi connectivity index (χ0n) is 8.99. The van der Waals surface area contributed by atoms with E-state index in [1.807, 2.05) is 0 Å². The van der Waals surface area contributed by atoms with Crippen molar-refractivity contribution in [3.63, 3.8) is 0 Å². The number of hydrogen-bond donors (Lipinski definition) is 2. The second-order valence-electron chi connectivity index (χ2n) is 3.45. The summed E-state index contributed by atoms with van der Waals surface area (Å²) in [5.74, 6) is 0.00132. The van der Waals surface area contributed by atoms with E-state index in [0.717, 1.165) is 0 Å². The highest BCUT2D eigenvalue weighted by Gasteiger charge is 2.13. The third-order valence-electron chi connectivity index (χ3n) is 2.04. The summed E-state index contributed by atoms with van der Waals surface area (Å²) >= 11 is 6.57. The van der Waals surface area contributed by atoms with E-state index in [1.54, 1.807) is 18.2 Å². The fraction of sp³-hybridized carbons (Fsp3) is 0.400. The second kappa shape index (κ2) is 6.72. The number of rotatable bonds is 6. The molecule has 96 valence electrons. The van der Waals surface area contributed by atoms with Crippen molar-refractivity contribution in [2.24, 2.45) is 0 Å². The summed E-state index contributed by atoms with van der Waals surface area (Å²) in [4.78, 5) is 0. The van der Waals surface area contributed by atoms with Crippen LogP contribution in [0, 0.1) is 0 Å². The number of halogens is 2. The largest absolute Gasteiger partial charge is 0.396 e. The van der Waals surface area contributed by atoms with E-state index in [4.69, 9.17) is 5.11 Å². The van der Waals surface area contributed by atoms with Crippen LogP contribution in [0.15, 0.2) is 27.1 Å². The lowest BCUT2D eigenvalue weighted by atomic mass is 10.3. The van der Waals surface area contributed by atoms with Crippen LogP contribution < -0.4 is 4.72 Å². The van der Waals surface area contributed by atoms with Gasteiger partial charge in [-0.15, -0.1) is 0 Å². The molecule has 0 bridgehead atoms. The summed E-state index contributed by atoms with van der Waals surface area (Å²) in [5.41, 5.74) is 0.497. The van der Waals surface area contributed by atoms with Gasteiger partial charge in [0.15, 0.2) is 0 Å². The molecule has 0 heterocycles. The number of anilines is 1. The predicted octanol–water partition coefficient (Wildman–Crippen LogP) is 2.73. The zero-order valence-corrected chi connectivity index (χ0v) is 13.0. The van der Waals surface area contributed by atoms with Gasteiger partial charge in [0, 0.05) is 15.6 Å². The normalized spacial score (nSPS) is 11.5. The Labute approximate surface area is 118 Å². The summed E-state index contributed by atoms with van der Waals surface area (Å²) in [7, 11) is -3.37. The first kappa shape index (κ1) is 14.9. The van der Waals surface area contributed by atoms with Crippen LogP contribution in [0.25, 0.3) is 0 Å². The molecule has 0 amide bonds. The van der Waals surface area contributed by atoms with E-state index in [0.29, 0.717) is 27.5 Å². The molecule has 2 N–H and O–H groups in total. The summed E-state index contributed by atoms with van der Waals surface area (Å²) in [6, 6.07) is 5.32. The Morgan fingerprint density at radius 3 is 2.29 bits per heavy atom. The van der Waals surface area contributed by atoms with Crippen molar-refractivity contribution < 1.29 is 13.5 Å². The average molecular weight is 387 g/mol. The van der Waals surface area contributed by atoms with Crippen molar-refractivity contribution in [2.75, 3.05) is 17.1 Å². The highest BCUT2D eigenvalue weighted by atomic mass is 79.9. The van der Waals surface area contributed by atoms with Gasteiger partial charge >= 0.3 is 0 Å². The fourth-order valence-corrected chi connectivity index (χ4v) is 3.88. The van der Waals surface area contributed by atoms with Crippen LogP contribution in [-0.2, 0) is 10.0 Å². The molecule has 0 saturated carbocycles. The first-order chi connectivity index (χ1) is 7.96. The van der Waals surface area contributed by atoms with E-state index < -0.39 is 10.0 Å². The molecule has 0 radical (unpaired) electrons. The van der Waals surface area contributed by atoms with Gasteiger partial charge in [0.2, 0.25) is 10.0 Å². The lowest BCUT2D eigenvalue weighted by Gasteiger charge is -2.11. The Balaban J connectivity index is 2.76. The molecule has 0 aliphatic heterocycles. The Morgan fingerprint density at radius 1 is 1.18 bits per heavy atom. The molecular weight excluding hydrogens is 374 g/mol. The van der Waals surface area contributed by atoms with Crippen LogP contribution in [0.1, 0.15) is 12.8 Å². The molecule has 0 atom stereocenters. The van der Waals surface area contributed by atoms with Gasteiger partial charge in [-0.2, -0.15) is 0 Å². The van der Waals surface area contributed by atoms with Gasteiger partial charge in [0.25, 0.3) is 0 Å². The molecular formula is C10H13Br2NO3S. The van der Waals surface area contributed by atoms with E-state index in [2.05, 4.69) is 36.6 Å². The summed E-state index contributed by atoms with van der Waals surface area (Å²) < 4.78 is 27.4. The molecule has 1 aromatic carbocycles. The summed E-state index contributed by atoms with van der Waals surface area (Å²) in [6.45, 7) is 0.00818. The number of para-hydroxylation sites is 1. The number of benzene rings is 1. The van der Waals surface area contributed by atoms with Crippen molar-refractivity contribution in [3.05, 3.63) is 27.1 Å². The standard InChI is InChI=1S/C10H13Br2NO3S/c11-8-4-3-5-9(12)10(8)13-17(15,16)7-2-1-6-14/h3-5,13-14H,1-2,6-7H2. The Kier molecular flexibility index (Phi) is 5.91. The van der Waals surface area contributed by atoms with Crippen molar-refractivity contribution in [2.45, 2.75) is 12.8 Å². The van der Waals surface area contributed by atoms with Gasteiger partial charge < -0.3 is 5.11 Å². The minimum atomic E-state index is -3.37. The maximum absolute atomic E-state index is 11.7. The molecule has 0 saturated heterocycles. The monoisotopic (exact) mass is 385 g/mol. The molecule has 1 aromatic rings. The van der Waals surface area contributed by atoms with E-state index in [-0.39, 0.29) is 12.4 Å². The molecule has 1 rings (SSSR count). The quantitative estimate of drug-likeness (QED) is 0.738.